The number of hydrogen-bond acceptors (Lipinski definition) is 3. The van der Waals surface area contributed by atoms with Crippen molar-refractivity contribution in [2.45, 2.75) is 13.8 Å². The SMILES string of the molecule is COc1ccc(N=C(C)C(C)=O)cc1. The van der Waals surface area contributed by atoms with Crippen LogP contribution in [0.15, 0.2) is 29.3 Å². The normalized spacial score (nSPS) is 11.2. The molecule has 0 aromatic heterocycles. The molecule has 0 saturated heterocycles. The summed E-state index contributed by atoms with van der Waals surface area (Å²) in [5.74, 6) is 0.769. The molecular weight excluding hydrogens is 178 g/mol. The van der Waals surface area contributed by atoms with E-state index >= 15 is 0 Å². The highest BCUT2D eigenvalue weighted by atomic mass is 16.5. The lowest BCUT2D eigenvalue weighted by atomic mass is 10.2. The average molecular weight is 191 g/mol. The summed E-state index contributed by atoms with van der Waals surface area (Å²) in [5, 5.41) is 0. The number of rotatable bonds is 3. The van der Waals surface area contributed by atoms with Crippen molar-refractivity contribution in [3.05, 3.63) is 24.3 Å². The number of methoxy groups -OCH3 is 1. The molecule has 0 unspecified atom stereocenters. The number of aliphatic imine (C=N–C) groups is 1. The molecule has 3 nitrogen and oxygen atoms in total. The first-order valence-corrected chi connectivity index (χ1v) is 4.34. The first kappa shape index (κ1) is 10.4. The third-order valence-corrected chi connectivity index (χ3v) is 1.88. The van der Waals surface area contributed by atoms with Crippen LogP contribution in [0.1, 0.15) is 13.8 Å². The van der Waals surface area contributed by atoms with Gasteiger partial charge in [0.2, 0.25) is 0 Å². The van der Waals surface area contributed by atoms with Gasteiger partial charge in [0.25, 0.3) is 0 Å². The van der Waals surface area contributed by atoms with E-state index in [0.29, 0.717) is 5.71 Å². The lowest BCUT2D eigenvalue weighted by Gasteiger charge is -1.99. The molecular formula is C11H13NO2. The van der Waals surface area contributed by atoms with Gasteiger partial charge in [-0.3, -0.25) is 9.79 Å². The fraction of sp³-hybridized carbons (Fsp3) is 0.273. The average Bonchev–Trinajstić information content (AvgIpc) is 2.19. The molecule has 0 spiro atoms. The van der Waals surface area contributed by atoms with E-state index in [2.05, 4.69) is 4.99 Å². The van der Waals surface area contributed by atoms with Crippen molar-refractivity contribution in [3.63, 3.8) is 0 Å². The number of Topliss-reactive ketones (excluding diaryl/α,β-unsaturated/α-hetero) is 1. The lowest BCUT2D eigenvalue weighted by molar-refractivity contribution is -0.111. The topological polar surface area (TPSA) is 38.7 Å². The number of carbonyl (C=O) groups is 1. The smallest absolute Gasteiger partial charge is 0.173 e. The van der Waals surface area contributed by atoms with E-state index in [9.17, 15) is 4.79 Å². The van der Waals surface area contributed by atoms with Crippen molar-refractivity contribution in [2.75, 3.05) is 7.11 Å². The molecule has 1 rings (SSSR count). The number of nitrogens with zero attached hydrogens (tertiary/aromatic N) is 1. The zero-order valence-corrected chi connectivity index (χ0v) is 8.57. The number of ether oxygens (including phenoxy) is 1. The number of carbonyl (C=O) groups excluding carboxylic acids is 1. The van der Waals surface area contributed by atoms with E-state index in [4.69, 9.17) is 4.74 Å². The summed E-state index contributed by atoms with van der Waals surface area (Å²) in [6.07, 6.45) is 0. The Morgan fingerprint density at radius 2 is 1.79 bits per heavy atom. The van der Waals surface area contributed by atoms with Crippen molar-refractivity contribution >= 4 is 17.2 Å². The van der Waals surface area contributed by atoms with Gasteiger partial charge in [-0.25, -0.2) is 0 Å². The molecule has 0 fully saturated rings. The molecule has 0 atom stereocenters. The summed E-state index contributed by atoms with van der Waals surface area (Å²) in [6.45, 7) is 3.20. The predicted octanol–water partition coefficient (Wildman–Crippen LogP) is 2.38. The van der Waals surface area contributed by atoms with Crippen LogP contribution in [0.5, 0.6) is 5.75 Å². The monoisotopic (exact) mass is 191 g/mol. The third kappa shape index (κ3) is 2.69. The van der Waals surface area contributed by atoms with Crippen LogP contribution in [0, 0.1) is 0 Å². The molecule has 0 aliphatic heterocycles. The minimum Gasteiger partial charge on any atom is -0.497 e. The predicted molar refractivity (Wildman–Crippen MR) is 56.4 cm³/mol. The summed E-state index contributed by atoms with van der Waals surface area (Å²) in [6, 6.07) is 7.25. The highest BCUT2D eigenvalue weighted by Crippen LogP contribution is 2.17. The van der Waals surface area contributed by atoms with Crippen molar-refractivity contribution in [3.8, 4) is 5.75 Å². The Bertz CT molecular complexity index is 352. The first-order valence-electron chi connectivity index (χ1n) is 4.34. The molecule has 0 radical (unpaired) electrons. The Morgan fingerprint density at radius 1 is 1.21 bits per heavy atom. The molecule has 1 aromatic carbocycles. The van der Waals surface area contributed by atoms with Gasteiger partial charge in [0.05, 0.1) is 18.5 Å². The molecule has 0 bridgehead atoms. The molecule has 0 saturated carbocycles. The summed E-state index contributed by atoms with van der Waals surface area (Å²) in [5.41, 5.74) is 1.27. The van der Waals surface area contributed by atoms with Crippen molar-refractivity contribution < 1.29 is 9.53 Å². The quantitative estimate of drug-likeness (QED) is 0.688. The minimum absolute atomic E-state index is 0.0131. The molecule has 0 aliphatic rings. The van der Waals surface area contributed by atoms with Gasteiger partial charge in [0.1, 0.15) is 5.75 Å². The summed E-state index contributed by atoms with van der Waals surface area (Å²) < 4.78 is 5.01. The highest BCUT2D eigenvalue weighted by molar-refractivity contribution is 6.38. The highest BCUT2D eigenvalue weighted by Gasteiger charge is 1.98. The van der Waals surface area contributed by atoms with Gasteiger partial charge >= 0.3 is 0 Å². The Labute approximate surface area is 83.4 Å². The fourth-order valence-electron chi connectivity index (χ4n) is 0.929. The van der Waals surface area contributed by atoms with Gasteiger partial charge in [-0.2, -0.15) is 0 Å². The Kier molecular flexibility index (Phi) is 3.40. The van der Waals surface area contributed by atoms with Gasteiger partial charge in [-0.1, -0.05) is 0 Å². The zero-order chi connectivity index (χ0) is 10.6. The second kappa shape index (κ2) is 4.56. The van der Waals surface area contributed by atoms with Crippen LogP contribution in [0.2, 0.25) is 0 Å². The van der Waals surface area contributed by atoms with Crippen LogP contribution >= 0.6 is 0 Å². The zero-order valence-electron chi connectivity index (χ0n) is 8.57. The molecule has 0 aliphatic carbocycles. The van der Waals surface area contributed by atoms with Crippen LogP contribution < -0.4 is 4.74 Å². The lowest BCUT2D eigenvalue weighted by Crippen LogP contribution is -2.03. The molecule has 0 amide bonds. The second-order valence-corrected chi connectivity index (χ2v) is 2.95. The number of hydrogen-bond donors (Lipinski definition) is 0. The van der Waals surface area contributed by atoms with Crippen LogP contribution in [-0.2, 0) is 4.79 Å². The number of ketones is 1. The summed E-state index contributed by atoms with van der Waals surface area (Å²) >= 11 is 0. The summed E-state index contributed by atoms with van der Waals surface area (Å²) in [4.78, 5) is 15.1. The Balaban J connectivity index is 2.88. The van der Waals surface area contributed by atoms with E-state index in [0.717, 1.165) is 11.4 Å². The van der Waals surface area contributed by atoms with Gasteiger partial charge < -0.3 is 4.74 Å². The second-order valence-electron chi connectivity index (χ2n) is 2.95. The van der Waals surface area contributed by atoms with Crippen LogP contribution in [0.3, 0.4) is 0 Å². The third-order valence-electron chi connectivity index (χ3n) is 1.88. The minimum atomic E-state index is -0.0131. The Hall–Kier alpha value is -1.64. The first-order chi connectivity index (χ1) is 6.63. The van der Waals surface area contributed by atoms with E-state index in [-0.39, 0.29) is 5.78 Å². The van der Waals surface area contributed by atoms with Crippen LogP contribution in [-0.4, -0.2) is 18.6 Å². The van der Waals surface area contributed by atoms with Gasteiger partial charge in [-0.15, -0.1) is 0 Å². The van der Waals surface area contributed by atoms with E-state index in [1.165, 1.54) is 6.92 Å². The standard InChI is InChI=1S/C11H13NO2/c1-8(9(2)13)12-10-4-6-11(14-3)7-5-10/h4-7H,1-3H3. The van der Waals surface area contributed by atoms with Crippen molar-refractivity contribution in [1.82, 2.24) is 0 Å². The maximum absolute atomic E-state index is 10.9. The number of benzene rings is 1. The maximum atomic E-state index is 10.9. The molecule has 1 aromatic rings. The van der Waals surface area contributed by atoms with Gasteiger partial charge in [-0.05, 0) is 31.2 Å². The van der Waals surface area contributed by atoms with Crippen LogP contribution in [0.25, 0.3) is 0 Å². The fourth-order valence-corrected chi connectivity index (χ4v) is 0.929. The summed E-state index contributed by atoms with van der Waals surface area (Å²) in [7, 11) is 1.61. The molecule has 74 valence electrons. The van der Waals surface area contributed by atoms with Crippen molar-refractivity contribution in [2.24, 2.45) is 4.99 Å². The van der Waals surface area contributed by atoms with E-state index in [1.54, 1.807) is 14.0 Å². The van der Waals surface area contributed by atoms with Gasteiger partial charge in [0.15, 0.2) is 5.78 Å². The molecule has 3 heteroatoms. The largest absolute Gasteiger partial charge is 0.497 e. The van der Waals surface area contributed by atoms with E-state index in [1.807, 2.05) is 24.3 Å². The van der Waals surface area contributed by atoms with Crippen LogP contribution in [0.4, 0.5) is 5.69 Å². The van der Waals surface area contributed by atoms with E-state index < -0.39 is 0 Å². The molecule has 14 heavy (non-hydrogen) atoms. The molecule has 0 N–H and O–H groups in total. The maximum Gasteiger partial charge on any atom is 0.173 e. The Morgan fingerprint density at radius 3 is 2.21 bits per heavy atom. The van der Waals surface area contributed by atoms with Gasteiger partial charge in [0, 0.05) is 6.92 Å². The molecule has 0 heterocycles. The van der Waals surface area contributed by atoms with Crippen molar-refractivity contribution in [1.29, 1.82) is 0 Å².